The van der Waals surface area contributed by atoms with E-state index in [-0.39, 0.29) is 5.41 Å². The molecule has 0 bridgehead atoms. The van der Waals surface area contributed by atoms with Crippen LogP contribution in [0.3, 0.4) is 0 Å². The Bertz CT molecular complexity index is 675. The molecular weight excluding hydrogens is 288 g/mol. The monoisotopic (exact) mass is 306 g/mol. The Morgan fingerprint density at radius 2 is 1.05 bits per heavy atom. The summed E-state index contributed by atoms with van der Waals surface area (Å²) in [5.74, 6) is 0. The number of halogens is 1. The molecule has 0 aliphatic rings. The number of benzene rings is 3. The molecule has 0 aromatic heterocycles. The van der Waals surface area contributed by atoms with E-state index in [2.05, 4.69) is 79.7 Å². The van der Waals surface area contributed by atoms with Crippen molar-refractivity contribution in [3.63, 3.8) is 0 Å². The van der Waals surface area contributed by atoms with Gasteiger partial charge in [-0.15, -0.1) is 0 Å². The second-order valence-electron chi connectivity index (χ2n) is 5.50. The SMILES string of the molecule is CCC(c1ccccc1)(c1ccccc1)c1ccc(Cl)cc1. The molecule has 3 aromatic rings. The summed E-state index contributed by atoms with van der Waals surface area (Å²) in [4.78, 5) is 0. The van der Waals surface area contributed by atoms with Crippen molar-refractivity contribution >= 4 is 11.6 Å². The van der Waals surface area contributed by atoms with E-state index in [1.54, 1.807) is 0 Å². The second kappa shape index (κ2) is 6.37. The minimum absolute atomic E-state index is 0.146. The maximum atomic E-state index is 6.10. The van der Waals surface area contributed by atoms with Gasteiger partial charge in [0.1, 0.15) is 0 Å². The van der Waals surface area contributed by atoms with Crippen molar-refractivity contribution in [2.45, 2.75) is 18.8 Å². The molecule has 0 spiro atoms. The van der Waals surface area contributed by atoms with Crippen molar-refractivity contribution in [1.29, 1.82) is 0 Å². The van der Waals surface area contributed by atoms with Gasteiger partial charge in [-0.05, 0) is 35.2 Å². The lowest BCUT2D eigenvalue weighted by Crippen LogP contribution is -2.28. The largest absolute Gasteiger partial charge is 0.0843 e. The van der Waals surface area contributed by atoms with Crippen LogP contribution in [0.25, 0.3) is 0 Å². The first-order valence-corrected chi connectivity index (χ1v) is 8.02. The highest BCUT2D eigenvalue weighted by atomic mass is 35.5. The summed E-state index contributed by atoms with van der Waals surface area (Å²) in [6.07, 6.45) is 0.989. The molecule has 0 radical (unpaired) electrons. The van der Waals surface area contributed by atoms with Crippen LogP contribution in [0, 0.1) is 0 Å². The van der Waals surface area contributed by atoms with Crippen molar-refractivity contribution in [2.24, 2.45) is 0 Å². The molecule has 0 heterocycles. The van der Waals surface area contributed by atoms with Crippen molar-refractivity contribution < 1.29 is 0 Å². The lowest BCUT2D eigenvalue weighted by Gasteiger charge is -2.35. The zero-order valence-electron chi connectivity index (χ0n) is 12.7. The molecule has 0 amide bonds. The Kier molecular flexibility index (Phi) is 4.31. The van der Waals surface area contributed by atoms with Crippen LogP contribution >= 0.6 is 11.6 Å². The molecule has 3 rings (SSSR count). The standard InChI is InChI=1S/C21H19Cl/c1-2-21(17-9-5-3-6-10-17,18-11-7-4-8-12-18)19-13-15-20(22)16-14-19/h3-16H,2H2,1H3. The topological polar surface area (TPSA) is 0 Å². The number of hydrogen-bond donors (Lipinski definition) is 0. The van der Waals surface area contributed by atoms with Gasteiger partial charge < -0.3 is 0 Å². The molecule has 1 heteroatoms. The van der Waals surface area contributed by atoms with Gasteiger partial charge in [-0.25, -0.2) is 0 Å². The Morgan fingerprint density at radius 1 is 0.636 bits per heavy atom. The summed E-state index contributed by atoms with van der Waals surface area (Å²) < 4.78 is 0. The first-order valence-electron chi connectivity index (χ1n) is 7.64. The molecule has 0 unspecified atom stereocenters. The van der Waals surface area contributed by atoms with Crippen LogP contribution < -0.4 is 0 Å². The first kappa shape index (κ1) is 14.9. The van der Waals surface area contributed by atoms with Crippen LogP contribution in [0.4, 0.5) is 0 Å². The third kappa shape index (κ3) is 2.55. The molecule has 110 valence electrons. The van der Waals surface area contributed by atoms with Crippen LogP contribution in [0.5, 0.6) is 0 Å². The molecular formula is C21H19Cl. The van der Waals surface area contributed by atoms with Crippen molar-refractivity contribution in [3.8, 4) is 0 Å². The molecule has 3 aromatic carbocycles. The molecule has 0 aliphatic heterocycles. The number of rotatable bonds is 4. The maximum absolute atomic E-state index is 6.10. The molecule has 0 saturated carbocycles. The lowest BCUT2D eigenvalue weighted by molar-refractivity contribution is 0.594. The van der Waals surface area contributed by atoms with Crippen molar-refractivity contribution in [3.05, 3.63) is 107 Å². The summed E-state index contributed by atoms with van der Waals surface area (Å²) >= 11 is 6.10. The Morgan fingerprint density at radius 3 is 1.45 bits per heavy atom. The normalized spacial score (nSPS) is 11.4. The summed E-state index contributed by atoms with van der Waals surface area (Å²) in [6.45, 7) is 2.24. The number of hydrogen-bond acceptors (Lipinski definition) is 0. The predicted molar refractivity (Wildman–Crippen MR) is 94.5 cm³/mol. The zero-order chi connectivity index (χ0) is 15.4. The van der Waals surface area contributed by atoms with E-state index in [1.807, 2.05) is 12.1 Å². The van der Waals surface area contributed by atoms with Gasteiger partial charge >= 0.3 is 0 Å². The summed E-state index contributed by atoms with van der Waals surface area (Å²) in [6, 6.07) is 29.7. The molecule has 0 fully saturated rings. The van der Waals surface area contributed by atoms with E-state index in [1.165, 1.54) is 16.7 Å². The van der Waals surface area contributed by atoms with Gasteiger partial charge in [0.25, 0.3) is 0 Å². The Balaban J connectivity index is 2.28. The third-order valence-corrected chi connectivity index (χ3v) is 4.65. The highest BCUT2D eigenvalue weighted by Crippen LogP contribution is 2.42. The molecule has 0 nitrogen and oxygen atoms in total. The lowest BCUT2D eigenvalue weighted by atomic mass is 9.68. The fourth-order valence-corrected chi connectivity index (χ4v) is 3.42. The quantitative estimate of drug-likeness (QED) is 0.512. The fourth-order valence-electron chi connectivity index (χ4n) is 3.29. The van der Waals surface area contributed by atoms with E-state index in [0.29, 0.717) is 0 Å². The minimum Gasteiger partial charge on any atom is -0.0843 e. The summed E-state index contributed by atoms with van der Waals surface area (Å²) in [7, 11) is 0. The van der Waals surface area contributed by atoms with E-state index in [9.17, 15) is 0 Å². The van der Waals surface area contributed by atoms with Crippen LogP contribution in [0.15, 0.2) is 84.9 Å². The highest BCUT2D eigenvalue weighted by Gasteiger charge is 2.34. The first-order chi connectivity index (χ1) is 10.8. The van der Waals surface area contributed by atoms with Crippen molar-refractivity contribution in [2.75, 3.05) is 0 Å². The minimum atomic E-state index is -0.146. The van der Waals surface area contributed by atoms with E-state index in [0.717, 1.165) is 11.4 Å². The molecule has 0 N–H and O–H groups in total. The van der Waals surface area contributed by atoms with Gasteiger partial charge in [0.05, 0.1) is 0 Å². The highest BCUT2D eigenvalue weighted by molar-refractivity contribution is 6.30. The van der Waals surface area contributed by atoms with Gasteiger partial charge in [-0.2, -0.15) is 0 Å². The summed E-state index contributed by atoms with van der Waals surface area (Å²) in [5.41, 5.74) is 3.75. The second-order valence-corrected chi connectivity index (χ2v) is 5.93. The van der Waals surface area contributed by atoms with Crippen LogP contribution in [-0.2, 0) is 5.41 Å². The summed E-state index contributed by atoms with van der Waals surface area (Å²) in [5, 5.41) is 0.773. The maximum Gasteiger partial charge on any atom is 0.0448 e. The molecule has 0 saturated heterocycles. The smallest absolute Gasteiger partial charge is 0.0448 e. The third-order valence-electron chi connectivity index (χ3n) is 4.40. The average molecular weight is 307 g/mol. The fraction of sp³-hybridized carbons (Fsp3) is 0.143. The zero-order valence-corrected chi connectivity index (χ0v) is 13.4. The van der Waals surface area contributed by atoms with E-state index < -0.39 is 0 Å². The van der Waals surface area contributed by atoms with Crippen molar-refractivity contribution in [1.82, 2.24) is 0 Å². The average Bonchev–Trinajstić information content (AvgIpc) is 2.59. The van der Waals surface area contributed by atoms with Gasteiger partial charge in [0.15, 0.2) is 0 Å². The van der Waals surface area contributed by atoms with E-state index >= 15 is 0 Å². The van der Waals surface area contributed by atoms with Gasteiger partial charge in [-0.1, -0.05) is 91.3 Å². The van der Waals surface area contributed by atoms with E-state index in [4.69, 9.17) is 11.6 Å². The van der Waals surface area contributed by atoms with Gasteiger partial charge in [0, 0.05) is 10.4 Å². The van der Waals surface area contributed by atoms with Crippen LogP contribution in [-0.4, -0.2) is 0 Å². The van der Waals surface area contributed by atoms with Gasteiger partial charge in [-0.3, -0.25) is 0 Å². The van der Waals surface area contributed by atoms with Crippen LogP contribution in [0.2, 0.25) is 5.02 Å². The Hall–Kier alpha value is -2.05. The van der Waals surface area contributed by atoms with Gasteiger partial charge in [0.2, 0.25) is 0 Å². The Labute approximate surface area is 137 Å². The molecule has 0 aliphatic carbocycles. The molecule has 0 atom stereocenters. The predicted octanol–water partition coefficient (Wildman–Crippen LogP) is 6.08. The molecule has 22 heavy (non-hydrogen) atoms. The van der Waals surface area contributed by atoms with Crippen LogP contribution in [0.1, 0.15) is 30.0 Å².